The van der Waals surface area contributed by atoms with Crippen molar-refractivity contribution in [3.63, 3.8) is 0 Å². The number of sulfonamides is 1. The molecule has 1 amide bonds. The van der Waals surface area contributed by atoms with Crippen LogP contribution in [-0.4, -0.2) is 43.2 Å². The summed E-state index contributed by atoms with van der Waals surface area (Å²) in [4.78, 5) is 18.0. The number of aromatic nitrogens is 1. The summed E-state index contributed by atoms with van der Waals surface area (Å²) in [7, 11) is -3.52. The average molecular weight is 400 g/mol. The average Bonchev–Trinajstić information content (AvgIpc) is 3.17. The first-order valence-electron chi connectivity index (χ1n) is 9.75. The van der Waals surface area contributed by atoms with Crippen molar-refractivity contribution in [2.45, 2.75) is 37.5 Å². The second-order valence-corrected chi connectivity index (χ2v) is 9.59. The molecule has 0 saturated carbocycles. The number of amides is 1. The molecule has 0 bridgehead atoms. The van der Waals surface area contributed by atoms with Gasteiger partial charge in [-0.1, -0.05) is 6.07 Å². The fourth-order valence-electron chi connectivity index (χ4n) is 4.24. The first-order valence-corrected chi connectivity index (χ1v) is 11.2. The summed E-state index contributed by atoms with van der Waals surface area (Å²) < 4.78 is 27.9. The number of aryl methyl sites for hydroxylation is 1. The fraction of sp³-hybridized carbons (Fsp3) is 0.429. The van der Waals surface area contributed by atoms with Gasteiger partial charge in [-0.05, 0) is 67.0 Å². The molecule has 6 nitrogen and oxygen atoms in total. The van der Waals surface area contributed by atoms with Crippen LogP contribution in [0.1, 0.15) is 30.9 Å². The van der Waals surface area contributed by atoms with Crippen molar-refractivity contribution in [2.24, 2.45) is 5.92 Å². The van der Waals surface area contributed by atoms with Crippen molar-refractivity contribution in [3.8, 4) is 0 Å². The van der Waals surface area contributed by atoms with Crippen LogP contribution in [0.3, 0.4) is 0 Å². The Labute approximate surface area is 166 Å². The van der Waals surface area contributed by atoms with Gasteiger partial charge >= 0.3 is 0 Å². The Balaban J connectivity index is 1.52. The molecular weight excluding hydrogens is 374 g/mol. The van der Waals surface area contributed by atoms with Crippen LogP contribution in [0.5, 0.6) is 0 Å². The molecule has 1 unspecified atom stereocenters. The van der Waals surface area contributed by atoms with Crippen LogP contribution in [0, 0.1) is 5.92 Å². The topological polar surface area (TPSA) is 70.6 Å². The number of pyridine rings is 1. The number of hydrogen-bond donors (Lipinski definition) is 0. The van der Waals surface area contributed by atoms with E-state index in [2.05, 4.69) is 4.98 Å². The molecule has 3 heterocycles. The molecule has 1 aromatic heterocycles. The van der Waals surface area contributed by atoms with E-state index < -0.39 is 10.0 Å². The molecule has 0 spiro atoms. The van der Waals surface area contributed by atoms with Crippen molar-refractivity contribution < 1.29 is 13.2 Å². The van der Waals surface area contributed by atoms with Gasteiger partial charge in [0.05, 0.1) is 4.90 Å². The summed E-state index contributed by atoms with van der Waals surface area (Å²) in [5.74, 6) is 0.305. The number of carbonyl (C=O) groups excluding carboxylic acids is 1. The number of anilines is 1. The van der Waals surface area contributed by atoms with Crippen molar-refractivity contribution in [2.75, 3.05) is 24.5 Å². The first-order chi connectivity index (χ1) is 13.4. The highest BCUT2D eigenvalue weighted by atomic mass is 32.2. The number of carbonyl (C=O) groups is 1. The van der Waals surface area contributed by atoms with Gasteiger partial charge in [-0.15, -0.1) is 0 Å². The molecule has 148 valence electrons. The Hall–Kier alpha value is -2.25. The van der Waals surface area contributed by atoms with E-state index in [1.54, 1.807) is 40.5 Å². The van der Waals surface area contributed by atoms with Gasteiger partial charge in [0.25, 0.3) is 0 Å². The van der Waals surface area contributed by atoms with Crippen molar-refractivity contribution in [1.82, 2.24) is 9.29 Å². The van der Waals surface area contributed by atoms with Crippen molar-refractivity contribution >= 4 is 21.6 Å². The second-order valence-electron chi connectivity index (χ2n) is 7.65. The summed E-state index contributed by atoms with van der Waals surface area (Å²) >= 11 is 0. The molecule has 1 fully saturated rings. The lowest BCUT2D eigenvalue weighted by atomic mass is 10.0. The summed E-state index contributed by atoms with van der Waals surface area (Å²) in [6, 6.07) is 9.13. The Kier molecular flexibility index (Phi) is 5.21. The molecule has 0 radical (unpaired) electrons. The molecule has 0 N–H and O–H groups in total. The lowest BCUT2D eigenvalue weighted by molar-refractivity contribution is -0.116. The highest BCUT2D eigenvalue weighted by molar-refractivity contribution is 7.89. The van der Waals surface area contributed by atoms with Gasteiger partial charge in [0, 0.05) is 44.6 Å². The van der Waals surface area contributed by atoms with Crippen LogP contribution in [0.2, 0.25) is 0 Å². The maximum atomic E-state index is 13.2. The van der Waals surface area contributed by atoms with E-state index in [0.717, 1.165) is 42.5 Å². The van der Waals surface area contributed by atoms with Crippen molar-refractivity contribution in [1.29, 1.82) is 0 Å². The third kappa shape index (κ3) is 3.69. The maximum absolute atomic E-state index is 13.2. The standard InChI is InChI=1S/C21H25N3O3S/c1-16(25)24-10-3-5-19-13-20(6-7-21(19)24)28(26,27)23-11-8-18(15-23)12-17-4-2-9-22-14-17/h2,4,6-7,9,13-14,18H,3,5,8,10-12,15H2,1H3. The largest absolute Gasteiger partial charge is 0.312 e. The molecular formula is C21H25N3O3S. The lowest BCUT2D eigenvalue weighted by Crippen LogP contribution is -2.34. The zero-order valence-corrected chi connectivity index (χ0v) is 16.9. The smallest absolute Gasteiger partial charge is 0.243 e. The molecule has 28 heavy (non-hydrogen) atoms. The minimum atomic E-state index is -3.52. The van der Waals surface area contributed by atoms with Gasteiger partial charge in [0.2, 0.25) is 15.9 Å². The van der Waals surface area contributed by atoms with Crippen LogP contribution in [0.4, 0.5) is 5.69 Å². The summed E-state index contributed by atoms with van der Waals surface area (Å²) in [5, 5.41) is 0. The van der Waals surface area contributed by atoms with E-state index >= 15 is 0 Å². The summed E-state index contributed by atoms with van der Waals surface area (Å²) in [6.07, 6.45) is 6.95. The minimum Gasteiger partial charge on any atom is -0.312 e. The molecule has 2 aromatic rings. The molecule has 1 atom stereocenters. The summed E-state index contributed by atoms with van der Waals surface area (Å²) in [6.45, 7) is 3.32. The fourth-order valence-corrected chi connectivity index (χ4v) is 5.83. The van der Waals surface area contributed by atoms with E-state index in [-0.39, 0.29) is 5.91 Å². The third-order valence-corrected chi connectivity index (χ3v) is 7.54. The van der Waals surface area contributed by atoms with Gasteiger partial charge in [0.15, 0.2) is 0 Å². The summed E-state index contributed by atoms with van der Waals surface area (Å²) in [5.41, 5.74) is 2.92. The zero-order valence-electron chi connectivity index (χ0n) is 16.0. The van der Waals surface area contributed by atoms with Gasteiger partial charge < -0.3 is 4.90 Å². The van der Waals surface area contributed by atoms with E-state index in [9.17, 15) is 13.2 Å². The Morgan fingerprint density at radius 1 is 1.25 bits per heavy atom. The van der Waals surface area contributed by atoms with E-state index in [1.165, 1.54) is 0 Å². The number of benzene rings is 1. The molecule has 1 aromatic carbocycles. The van der Waals surface area contributed by atoms with Gasteiger partial charge in [-0.25, -0.2) is 8.42 Å². The number of hydrogen-bond acceptors (Lipinski definition) is 4. The second kappa shape index (κ2) is 7.64. The monoisotopic (exact) mass is 399 g/mol. The number of nitrogens with zero attached hydrogens (tertiary/aromatic N) is 3. The molecule has 7 heteroatoms. The van der Waals surface area contributed by atoms with Gasteiger partial charge in [0.1, 0.15) is 0 Å². The minimum absolute atomic E-state index is 0.00524. The van der Waals surface area contributed by atoms with E-state index in [1.807, 2.05) is 18.3 Å². The van der Waals surface area contributed by atoms with Gasteiger partial charge in [-0.2, -0.15) is 4.31 Å². The third-order valence-electron chi connectivity index (χ3n) is 5.68. The molecule has 4 rings (SSSR count). The predicted molar refractivity (Wildman–Crippen MR) is 108 cm³/mol. The highest BCUT2D eigenvalue weighted by Crippen LogP contribution is 2.32. The first kappa shape index (κ1) is 19.1. The Morgan fingerprint density at radius 3 is 2.86 bits per heavy atom. The normalized spacial score (nSPS) is 20.2. The molecule has 2 aliphatic rings. The quantitative estimate of drug-likeness (QED) is 0.792. The number of fused-ring (bicyclic) bond motifs is 1. The number of rotatable bonds is 4. The van der Waals surface area contributed by atoms with Crippen LogP contribution in [0.25, 0.3) is 0 Å². The molecule has 0 aliphatic carbocycles. The maximum Gasteiger partial charge on any atom is 0.243 e. The lowest BCUT2D eigenvalue weighted by Gasteiger charge is -2.29. The van der Waals surface area contributed by atoms with E-state index in [0.29, 0.717) is 30.4 Å². The SMILES string of the molecule is CC(=O)N1CCCc2cc(S(=O)(=O)N3CCC(Cc4cccnc4)C3)ccc21. The van der Waals surface area contributed by atoms with Gasteiger partial charge in [-0.3, -0.25) is 9.78 Å². The van der Waals surface area contributed by atoms with Crippen LogP contribution >= 0.6 is 0 Å². The Morgan fingerprint density at radius 2 is 2.11 bits per heavy atom. The molecule has 1 saturated heterocycles. The van der Waals surface area contributed by atoms with E-state index in [4.69, 9.17) is 0 Å². The highest BCUT2D eigenvalue weighted by Gasteiger charge is 2.33. The van der Waals surface area contributed by atoms with Crippen LogP contribution in [0.15, 0.2) is 47.6 Å². The predicted octanol–water partition coefficient (Wildman–Crippen LogP) is 2.63. The van der Waals surface area contributed by atoms with Crippen molar-refractivity contribution in [3.05, 3.63) is 53.9 Å². The van der Waals surface area contributed by atoms with Crippen LogP contribution in [-0.2, 0) is 27.7 Å². The Bertz CT molecular complexity index is 976. The zero-order chi connectivity index (χ0) is 19.7. The molecule has 2 aliphatic heterocycles. The van der Waals surface area contributed by atoms with Crippen LogP contribution < -0.4 is 4.90 Å².